The molecule has 108 valence electrons. The Bertz CT molecular complexity index is 736. The van der Waals surface area contributed by atoms with Crippen LogP contribution in [0.25, 0.3) is 0 Å². The summed E-state index contributed by atoms with van der Waals surface area (Å²) in [6.07, 6.45) is 0. The summed E-state index contributed by atoms with van der Waals surface area (Å²) in [5.74, 6) is -3.38. The Morgan fingerprint density at radius 2 is 1.86 bits per heavy atom. The molecule has 0 fully saturated rings. The third-order valence-electron chi connectivity index (χ3n) is 2.53. The molecular weight excluding hydrogens is 304 g/mol. The van der Waals surface area contributed by atoms with Gasteiger partial charge in [-0.2, -0.15) is 0 Å². The Balaban J connectivity index is 2.45. The summed E-state index contributed by atoms with van der Waals surface area (Å²) in [6.45, 7) is 0. The van der Waals surface area contributed by atoms with Crippen molar-refractivity contribution in [2.75, 3.05) is 0 Å². The van der Waals surface area contributed by atoms with Crippen molar-refractivity contribution in [2.24, 2.45) is 0 Å². The monoisotopic (exact) mass is 311 g/mol. The van der Waals surface area contributed by atoms with E-state index in [4.69, 9.17) is 5.11 Å². The van der Waals surface area contributed by atoms with E-state index in [0.717, 1.165) is 42.1 Å². The largest absolute Gasteiger partial charge is 0.478 e. The number of nitro benzene ring substituents is 1. The van der Waals surface area contributed by atoms with Gasteiger partial charge in [0.25, 0.3) is 5.69 Å². The van der Waals surface area contributed by atoms with E-state index in [1.165, 1.54) is 6.07 Å². The number of benzene rings is 2. The molecule has 0 heterocycles. The lowest BCUT2D eigenvalue weighted by molar-refractivity contribution is -0.385. The summed E-state index contributed by atoms with van der Waals surface area (Å²) in [6, 6.07) is 6.30. The predicted octanol–water partition coefficient (Wildman–Crippen LogP) is 3.72. The number of carboxylic acids is 1. The minimum Gasteiger partial charge on any atom is -0.478 e. The maximum atomic E-state index is 13.1. The van der Waals surface area contributed by atoms with Crippen molar-refractivity contribution in [2.45, 2.75) is 9.79 Å². The van der Waals surface area contributed by atoms with E-state index in [0.29, 0.717) is 0 Å². The van der Waals surface area contributed by atoms with Gasteiger partial charge in [-0.1, -0.05) is 11.8 Å². The van der Waals surface area contributed by atoms with Gasteiger partial charge in [-0.3, -0.25) is 10.1 Å². The van der Waals surface area contributed by atoms with Gasteiger partial charge in [0.2, 0.25) is 0 Å². The number of rotatable bonds is 4. The molecule has 0 saturated carbocycles. The van der Waals surface area contributed by atoms with Crippen LogP contribution in [0.4, 0.5) is 14.5 Å². The smallest absolute Gasteiger partial charge is 0.336 e. The normalized spacial score (nSPS) is 10.4. The number of halogens is 2. The van der Waals surface area contributed by atoms with Crippen LogP contribution in [0.1, 0.15) is 10.4 Å². The van der Waals surface area contributed by atoms with Crippen molar-refractivity contribution in [3.05, 3.63) is 63.7 Å². The van der Waals surface area contributed by atoms with Crippen molar-refractivity contribution in [1.29, 1.82) is 0 Å². The first kappa shape index (κ1) is 14.9. The van der Waals surface area contributed by atoms with Gasteiger partial charge in [-0.25, -0.2) is 13.6 Å². The fourth-order valence-electron chi connectivity index (χ4n) is 1.55. The Morgan fingerprint density at radius 3 is 2.43 bits per heavy atom. The molecule has 0 bridgehead atoms. The summed E-state index contributed by atoms with van der Waals surface area (Å²) in [5, 5.41) is 19.8. The van der Waals surface area contributed by atoms with Crippen LogP contribution in [0.2, 0.25) is 0 Å². The van der Waals surface area contributed by atoms with Crippen LogP contribution in [0.15, 0.2) is 46.2 Å². The summed E-state index contributed by atoms with van der Waals surface area (Å²) >= 11 is 0.805. The SMILES string of the molecule is O=C(O)c1ccc([N+](=O)[O-])cc1Sc1ccc(F)c(F)c1. The van der Waals surface area contributed by atoms with Crippen LogP contribution in [0.5, 0.6) is 0 Å². The second-order valence-electron chi connectivity index (χ2n) is 3.92. The third kappa shape index (κ3) is 3.34. The molecule has 2 aromatic rings. The van der Waals surface area contributed by atoms with E-state index in [1.54, 1.807) is 0 Å². The maximum absolute atomic E-state index is 13.1. The van der Waals surface area contributed by atoms with Crippen LogP contribution in [0.3, 0.4) is 0 Å². The molecule has 0 aliphatic rings. The molecule has 1 N–H and O–H groups in total. The van der Waals surface area contributed by atoms with Gasteiger partial charge in [-0.15, -0.1) is 0 Å². The average molecular weight is 311 g/mol. The Labute approximate surface area is 121 Å². The number of carbonyl (C=O) groups is 1. The first-order chi connectivity index (χ1) is 9.88. The number of nitrogens with zero attached hydrogens (tertiary/aromatic N) is 1. The molecular formula is C13H7F2NO4S. The zero-order chi connectivity index (χ0) is 15.6. The van der Waals surface area contributed by atoms with Crippen LogP contribution in [-0.4, -0.2) is 16.0 Å². The molecule has 0 aliphatic carbocycles. The fraction of sp³-hybridized carbons (Fsp3) is 0. The number of hydrogen-bond acceptors (Lipinski definition) is 4. The molecule has 0 spiro atoms. The van der Waals surface area contributed by atoms with Crippen LogP contribution >= 0.6 is 11.8 Å². The Kier molecular flexibility index (Phi) is 4.18. The molecule has 0 amide bonds. The zero-order valence-corrected chi connectivity index (χ0v) is 11.1. The van der Waals surface area contributed by atoms with E-state index in [-0.39, 0.29) is 21.0 Å². The van der Waals surface area contributed by atoms with Crippen molar-refractivity contribution in [3.63, 3.8) is 0 Å². The van der Waals surface area contributed by atoms with Gasteiger partial charge in [-0.05, 0) is 24.3 Å². The van der Waals surface area contributed by atoms with E-state index in [1.807, 2.05) is 0 Å². The molecule has 0 aromatic heterocycles. The Hall–Kier alpha value is -2.48. The van der Waals surface area contributed by atoms with E-state index >= 15 is 0 Å². The molecule has 0 atom stereocenters. The van der Waals surface area contributed by atoms with Gasteiger partial charge < -0.3 is 5.11 Å². The summed E-state index contributed by atoms with van der Waals surface area (Å²) in [7, 11) is 0. The molecule has 0 radical (unpaired) electrons. The lowest BCUT2D eigenvalue weighted by Gasteiger charge is -2.06. The highest BCUT2D eigenvalue weighted by molar-refractivity contribution is 7.99. The predicted molar refractivity (Wildman–Crippen MR) is 70.5 cm³/mol. The number of carboxylic acid groups (broad SMARTS) is 1. The van der Waals surface area contributed by atoms with E-state index in [9.17, 15) is 23.7 Å². The first-order valence-corrected chi connectivity index (χ1v) is 6.35. The first-order valence-electron chi connectivity index (χ1n) is 5.53. The number of aromatic carboxylic acids is 1. The zero-order valence-electron chi connectivity index (χ0n) is 10.2. The second kappa shape index (κ2) is 5.88. The van der Waals surface area contributed by atoms with Crippen LogP contribution in [0, 0.1) is 21.7 Å². The molecule has 5 nitrogen and oxygen atoms in total. The summed E-state index contributed by atoms with van der Waals surface area (Å²) in [5.41, 5.74) is -0.444. The van der Waals surface area contributed by atoms with Crippen molar-refractivity contribution in [1.82, 2.24) is 0 Å². The maximum Gasteiger partial charge on any atom is 0.336 e. The van der Waals surface area contributed by atoms with Crippen molar-refractivity contribution < 1.29 is 23.6 Å². The fourth-order valence-corrected chi connectivity index (χ4v) is 2.55. The molecule has 2 rings (SSSR count). The number of non-ortho nitro benzene ring substituents is 1. The van der Waals surface area contributed by atoms with Gasteiger partial charge in [0.15, 0.2) is 11.6 Å². The van der Waals surface area contributed by atoms with Crippen molar-refractivity contribution >= 4 is 23.4 Å². The minimum absolute atomic E-state index is 0.0720. The highest BCUT2D eigenvalue weighted by Gasteiger charge is 2.17. The third-order valence-corrected chi connectivity index (χ3v) is 3.57. The quantitative estimate of drug-likeness (QED) is 0.687. The molecule has 8 heteroatoms. The summed E-state index contributed by atoms with van der Waals surface area (Å²) in [4.78, 5) is 21.5. The molecule has 0 aliphatic heterocycles. The molecule has 0 saturated heterocycles. The average Bonchev–Trinajstić information content (AvgIpc) is 2.42. The van der Waals surface area contributed by atoms with Crippen LogP contribution < -0.4 is 0 Å². The van der Waals surface area contributed by atoms with Crippen LogP contribution in [-0.2, 0) is 0 Å². The van der Waals surface area contributed by atoms with E-state index < -0.39 is 22.5 Å². The van der Waals surface area contributed by atoms with Gasteiger partial charge in [0, 0.05) is 21.9 Å². The van der Waals surface area contributed by atoms with E-state index in [2.05, 4.69) is 0 Å². The lowest BCUT2D eigenvalue weighted by Crippen LogP contribution is -2.00. The second-order valence-corrected chi connectivity index (χ2v) is 5.04. The number of nitro groups is 1. The summed E-state index contributed by atoms with van der Waals surface area (Å²) < 4.78 is 26.0. The molecule has 2 aromatic carbocycles. The molecule has 21 heavy (non-hydrogen) atoms. The standard InChI is InChI=1S/C13H7F2NO4S/c14-10-4-2-8(6-11(10)15)21-12-5-7(16(19)20)1-3-9(12)13(17)18/h1-6H,(H,17,18). The van der Waals surface area contributed by atoms with Gasteiger partial charge >= 0.3 is 5.97 Å². The van der Waals surface area contributed by atoms with Gasteiger partial charge in [0.05, 0.1) is 10.5 Å². The molecule has 0 unspecified atom stereocenters. The topological polar surface area (TPSA) is 80.4 Å². The Morgan fingerprint density at radius 1 is 1.14 bits per heavy atom. The lowest BCUT2D eigenvalue weighted by atomic mass is 10.2. The minimum atomic E-state index is -1.27. The highest BCUT2D eigenvalue weighted by Crippen LogP contribution is 2.33. The van der Waals surface area contributed by atoms with Gasteiger partial charge in [0.1, 0.15) is 0 Å². The number of hydrogen-bond donors (Lipinski definition) is 1. The highest BCUT2D eigenvalue weighted by atomic mass is 32.2. The van der Waals surface area contributed by atoms with Crippen molar-refractivity contribution in [3.8, 4) is 0 Å².